The van der Waals surface area contributed by atoms with E-state index in [4.69, 9.17) is 21.4 Å². The van der Waals surface area contributed by atoms with Gasteiger partial charge in [0.05, 0.1) is 10.2 Å². The number of allylic oxidation sites excluding steroid dienone is 4. The molecule has 6 aliphatic rings. The fourth-order valence-electron chi connectivity index (χ4n) is 14.3. The molecule has 9 rings (SSSR count). The lowest BCUT2D eigenvalue weighted by atomic mass is 9.20. The molecule has 2 aromatic heterocycles. The van der Waals surface area contributed by atoms with Crippen molar-refractivity contribution in [2.24, 2.45) is 43.5 Å². The summed E-state index contributed by atoms with van der Waals surface area (Å²) in [5.74, 6) is 0.0590. The van der Waals surface area contributed by atoms with E-state index in [0.717, 1.165) is 63.8 Å². The van der Waals surface area contributed by atoms with Crippen molar-refractivity contribution in [3.8, 4) is 0 Å². The molecule has 0 amide bonds. The van der Waals surface area contributed by atoms with E-state index in [-0.39, 0.29) is 11.1 Å². The maximum Gasteiger partial charge on any atom is 0.355 e. The van der Waals surface area contributed by atoms with Gasteiger partial charge in [-0.15, -0.1) is 0 Å². The molecule has 316 valence electrons. The number of rotatable bonds is 13. The number of fused-ring (bicyclic) bond motifs is 2. The first-order valence-corrected chi connectivity index (χ1v) is 23.0. The molecule has 1 saturated heterocycles. The number of nitrogens with zero attached hydrogens (tertiary/aromatic N) is 5. The minimum absolute atomic E-state index is 0.0171. The highest BCUT2D eigenvalue weighted by atomic mass is 32.1. The lowest BCUT2D eigenvalue weighted by Crippen LogP contribution is -2.77. The third kappa shape index (κ3) is 6.51. The van der Waals surface area contributed by atoms with Crippen LogP contribution < -0.4 is 21.7 Å². The fourth-order valence-corrected chi connectivity index (χ4v) is 15.2. The predicted molar refractivity (Wildman–Crippen MR) is 244 cm³/mol. The van der Waals surface area contributed by atoms with Crippen LogP contribution in [0, 0.1) is 27.1 Å². The number of carboxylic acid groups (broad SMARTS) is 1. The maximum atomic E-state index is 12.9. The molecule has 2 atom stereocenters. The molecule has 59 heavy (non-hydrogen) atoms. The average Bonchev–Trinajstić information content (AvgIpc) is 3.98. The Kier molecular flexibility index (Phi) is 10.8. The molecule has 10 nitrogen and oxygen atoms in total. The molecule has 4 saturated carbocycles. The van der Waals surface area contributed by atoms with E-state index < -0.39 is 5.97 Å². The van der Waals surface area contributed by atoms with Crippen molar-refractivity contribution in [1.29, 1.82) is 0 Å². The number of aromatic carboxylic acids is 1. The van der Waals surface area contributed by atoms with Crippen molar-refractivity contribution in [2.75, 3.05) is 42.9 Å². The topological polar surface area (TPSA) is 146 Å². The van der Waals surface area contributed by atoms with Gasteiger partial charge >= 0.3 is 5.97 Å². The molecule has 2 aliphatic heterocycles. The number of aliphatic imine (C=N–C) groups is 1. The molecule has 2 unspecified atom stereocenters. The molecule has 3 aromatic rings. The summed E-state index contributed by atoms with van der Waals surface area (Å²) in [6, 6.07) is 11.8. The van der Waals surface area contributed by atoms with E-state index in [0.29, 0.717) is 44.4 Å². The molecular weight excluding hydrogens is 753 g/mol. The smallest absolute Gasteiger partial charge is 0.355 e. The van der Waals surface area contributed by atoms with Gasteiger partial charge in [0, 0.05) is 41.8 Å². The van der Waals surface area contributed by atoms with Crippen LogP contribution in [0.25, 0.3) is 15.8 Å². The Balaban J connectivity index is 0.00000238. The lowest BCUT2D eigenvalue weighted by Gasteiger charge is -2.84. The minimum Gasteiger partial charge on any atom is -0.476 e. The third-order valence-corrected chi connectivity index (χ3v) is 16.8. The number of para-hydroxylation sites is 1. The molecule has 2 bridgehead atoms. The number of nitrogens with one attached hydrogen (secondary N) is 1. The molecule has 0 radical (unpaired) electrons. The number of anilines is 2. The third-order valence-electron chi connectivity index (χ3n) is 15.8. The highest BCUT2D eigenvalue weighted by Crippen LogP contribution is 2.98. The average molecular weight is 819 g/mol. The second-order valence-electron chi connectivity index (χ2n) is 19.2. The summed E-state index contributed by atoms with van der Waals surface area (Å²) < 4.78 is 1.10. The first-order chi connectivity index (χ1) is 28.3. The van der Waals surface area contributed by atoms with E-state index in [1.165, 1.54) is 83.6 Å². The summed E-state index contributed by atoms with van der Waals surface area (Å²) in [4.78, 5) is 32.4. The van der Waals surface area contributed by atoms with Crippen LogP contribution in [0.4, 0.5) is 10.9 Å². The molecular formula is C48H66N8O2S. The van der Waals surface area contributed by atoms with Gasteiger partial charge in [0.15, 0.2) is 10.8 Å². The summed E-state index contributed by atoms with van der Waals surface area (Å²) in [7, 11) is 0. The highest BCUT2D eigenvalue weighted by molar-refractivity contribution is 7.22. The largest absolute Gasteiger partial charge is 0.476 e. The maximum absolute atomic E-state index is 12.9. The number of benzene rings is 1. The quantitative estimate of drug-likeness (QED) is 0.124. The van der Waals surface area contributed by atoms with Crippen LogP contribution in [0.3, 0.4) is 0 Å². The Labute approximate surface area is 355 Å². The van der Waals surface area contributed by atoms with Crippen molar-refractivity contribution in [1.82, 2.24) is 14.9 Å². The zero-order chi connectivity index (χ0) is 42.0. The number of pyridine rings is 1. The van der Waals surface area contributed by atoms with Gasteiger partial charge in [-0.2, -0.15) is 0 Å². The lowest BCUT2D eigenvalue weighted by molar-refractivity contribution is -0.357. The number of aromatic nitrogens is 2. The Morgan fingerprint density at radius 3 is 2.37 bits per heavy atom. The Hall–Kier alpha value is -4.22. The van der Waals surface area contributed by atoms with Gasteiger partial charge < -0.3 is 31.7 Å². The van der Waals surface area contributed by atoms with Crippen LogP contribution in [0.5, 0.6) is 0 Å². The Morgan fingerprint density at radius 2 is 1.69 bits per heavy atom. The van der Waals surface area contributed by atoms with E-state index >= 15 is 0 Å². The van der Waals surface area contributed by atoms with Gasteiger partial charge in [-0.3, -0.25) is 4.99 Å². The molecule has 4 aliphatic carbocycles. The summed E-state index contributed by atoms with van der Waals surface area (Å²) in [6.07, 6.45) is 15.3. The number of hydrogen-bond donors (Lipinski definition) is 4. The SMILES string of the molecule is CC.CC(=NCC12CC3(C)CC4(CCCN5CCCC5)CC(C)(C1)C34C2)/C(=C\N)c1ccc(N2CCCC(/C(C)=C(\N)Nc3nc4ccccc4s3)=C2C)nc1C(=O)O. The van der Waals surface area contributed by atoms with Crippen LogP contribution in [-0.4, -0.2) is 64.4 Å². The van der Waals surface area contributed by atoms with Crippen LogP contribution in [0.1, 0.15) is 135 Å². The van der Waals surface area contributed by atoms with Crippen molar-refractivity contribution < 1.29 is 9.90 Å². The number of likely N-dealkylation sites (tertiary alicyclic amines) is 1. The van der Waals surface area contributed by atoms with Gasteiger partial charge in [-0.05, 0) is 174 Å². The van der Waals surface area contributed by atoms with Gasteiger partial charge in [0.25, 0.3) is 0 Å². The molecule has 4 heterocycles. The summed E-state index contributed by atoms with van der Waals surface area (Å²) in [6.45, 7) is 20.6. The van der Waals surface area contributed by atoms with Crippen LogP contribution in [-0.2, 0) is 0 Å². The summed E-state index contributed by atoms with van der Waals surface area (Å²) in [5, 5.41) is 14.6. The number of nitrogens with two attached hydrogens (primary N) is 2. The van der Waals surface area contributed by atoms with Gasteiger partial charge in [-0.25, -0.2) is 14.8 Å². The highest BCUT2D eigenvalue weighted by Gasteiger charge is 2.91. The second kappa shape index (κ2) is 15.4. The van der Waals surface area contributed by atoms with Crippen molar-refractivity contribution in [2.45, 2.75) is 119 Å². The summed E-state index contributed by atoms with van der Waals surface area (Å²) >= 11 is 1.57. The standard InChI is InChI=1S/C46H60N8O2S.C2H6/c1-29(39(48)52-41-50-35-13-6-7-14-36(35)57-41)32-12-10-21-54(31(32)3)37-16-15-33(38(51-37)40(55)56)34(22-47)30(2)49-28-44-23-42(4)25-45(17-11-20-53-18-8-9-19-53)26-43(5,24-44)46(42,45)27-44;1-2/h6-7,13-16,22H,8-12,17-21,23-28,47-48H2,1-5H3,(H,50,52)(H,55,56);1-2H3/b34-22+,39-29+,49-30?;. The summed E-state index contributed by atoms with van der Waals surface area (Å²) in [5.41, 5.74) is 20.8. The minimum atomic E-state index is -1.09. The number of carboxylic acids is 1. The first-order valence-electron chi connectivity index (χ1n) is 22.2. The second-order valence-corrected chi connectivity index (χ2v) is 20.2. The number of thiazole rings is 1. The Bertz CT molecular complexity index is 2210. The Morgan fingerprint density at radius 1 is 0.983 bits per heavy atom. The van der Waals surface area contributed by atoms with E-state index in [9.17, 15) is 9.90 Å². The van der Waals surface area contributed by atoms with Crippen LogP contribution in [0.2, 0.25) is 0 Å². The van der Waals surface area contributed by atoms with E-state index in [1.54, 1.807) is 11.3 Å². The predicted octanol–water partition coefficient (Wildman–Crippen LogP) is 10.2. The van der Waals surface area contributed by atoms with Crippen molar-refractivity contribution >= 4 is 49.8 Å². The van der Waals surface area contributed by atoms with Crippen molar-refractivity contribution in [3.05, 3.63) is 76.5 Å². The zero-order valence-electron chi connectivity index (χ0n) is 36.5. The van der Waals surface area contributed by atoms with Gasteiger partial charge in [0.2, 0.25) is 0 Å². The molecule has 5 fully saturated rings. The van der Waals surface area contributed by atoms with Crippen molar-refractivity contribution in [3.63, 3.8) is 0 Å². The van der Waals surface area contributed by atoms with E-state index in [1.807, 2.05) is 58.0 Å². The molecule has 6 N–H and O–H groups in total. The van der Waals surface area contributed by atoms with Gasteiger partial charge in [-0.1, -0.05) is 51.2 Å². The van der Waals surface area contributed by atoms with Crippen LogP contribution in [0.15, 0.2) is 70.3 Å². The van der Waals surface area contributed by atoms with Gasteiger partial charge in [0.1, 0.15) is 11.6 Å². The van der Waals surface area contributed by atoms with Crippen LogP contribution >= 0.6 is 11.3 Å². The number of hydrogen-bond acceptors (Lipinski definition) is 10. The van der Waals surface area contributed by atoms with E-state index in [2.05, 4.69) is 46.9 Å². The normalized spacial score (nSPS) is 31.7. The first kappa shape index (κ1) is 41.5. The number of carbonyl (C=O) groups is 1. The fraction of sp³-hybridized carbons (Fsp3) is 0.583. The zero-order valence-corrected chi connectivity index (χ0v) is 37.3. The molecule has 1 spiro atoms. The monoisotopic (exact) mass is 819 g/mol. The molecule has 1 aromatic carbocycles. The molecule has 11 heteroatoms.